The van der Waals surface area contributed by atoms with Crippen LogP contribution in [0.5, 0.6) is 0 Å². The van der Waals surface area contributed by atoms with Crippen LogP contribution in [-0.4, -0.2) is 66.3 Å². The summed E-state index contributed by atoms with van der Waals surface area (Å²) in [5.74, 6) is -0.394. The van der Waals surface area contributed by atoms with Gasteiger partial charge in [0.2, 0.25) is 0 Å². The van der Waals surface area contributed by atoms with Crippen molar-refractivity contribution in [3.63, 3.8) is 0 Å². The first-order valence-electron chi connectivity index (χ1n) is 15.2. The number of carbonyl (C=O) groups excluding carboxylic acids is 1. The predicted octanol–water partition coefficient (Wildman–Crippen LogP) is 6.63. The maximum atomic E-state index is 12.3. The Bertz CT molecular complexity index is 630. The lowest BCUT2D eigenvalue weighted by Crippen LogP contribution is -2.29. The third kappa shape index (κ3) is 27.2. The number of carbonyl (C=O) groups is 1. The van der Waals surface area contributed by atoms with Crippen molar-refractivity contribution in [2.75, 3.05) is 33.0 Å². The third-order valence-electron chi connectivity index (χ3n) is 6.18. The number of hydrogen-bond donors (Lipinski definition) is 3. The molecule has 0 aromatic carbocycles. The lowest BCUT2D eigenvalue weighted by Gasteiger charge is -2.20. The Morgan fingerprint density at radius 3 is 2.03 bits per heavy atom. The zero-order valence-electron chi connectivity index (χ0n) is 24.6. The fourth-order valence-corrected chi connectivity index (χ4v) is 4.62. The number of unbranched alkanes of at least 4 members (excludes halogenated alkanes) is 13. The molecular formula is C29H57O9P. The van der Waals surface area contributed by atoms with Crippen LogP contribution in [0.2, 0.25) is 0 Å². The van der Waals surface area contributed by atoms with Crippen molar-refractivity contribution in [2.45, 2.75) is 135 Å². The minimum absolute atomic E-state index is 0.0477. The second-order valence-electron chi connectivity index (χ2n) is 10.1. The summed E-state index contributed by atoms with van der Waals surface area (Å²) in [5.41, 5.74) is 0. The van der Waals surface area contributed by atoms with Gasteiger partial charge in [-0.3, -0.25) is 13.8 Å². The SMILES string of the molecule is CCC/C=C\CCCCCCCCOCC(COP(=O)(O)OCC(O)CO)OC(=O)CCCCCCCCC. The fraction of sp³-hybridized carbons (Fsp3) is 0.897. The Labute approximate surface area is 237 Å². The number of allylic oxidation sites excluding steroid dienone is 2. The van der Waals surface area contributed by atoms with Crippen molar-refractivity contribution < 1.29 is 43.0 Å². The average Bonchev–Trinajstić information content (AvgIpc) is 2.92. The highest BCUT2D eigenvalue weighted by atomic mass is 31.2. The minimum Gasteiger partial charge on any atom is -0.457 e. The van der Waals surface area contributed by atoms with E-state index >= 15 is 0 Å². The summed E-state index contributed by atoms with van der Waals surface area (Å²) < 4.78 is 32.9. The fourth-order valence-electron chi connectivity index (χ4n) is 3.83. The van der Waals surface area contributed by atoms with Gasteiger partial charge in [0.15, 0.2) is 0 Å². The van der Waals surface area contributed by atoms with Gasteiger partial charge in [0.25, 0.3) is 0 Å². The van der Waals surface area contributed by atoms with Crippen LogP contribution in [0.15, 0.2) is 12.2 Å². The number of hydrogen-bond acceptors (Lipinski definition) is 8. The zero-order chi connectivity index (χ0) is 29.0. The summed E-state index contributed by atoms with van der Waals surface area (Å²) in [7, 11) is -4.49. The molecule has 0 amide bonds. The molecule has 0 rings (SSSR count). The first kappa shape index (κ1) is 38.2. The highest BCUT2D eigenvalue weighted by Gasteiger charge is 2.26. The van der Waals surface area contributed by atoms with Gasteiger partial charge in [-0.1, -0.05) is 96.6 Å². The van der Waals surface area contributed by atoms with Gasteiger partial charge in [-0.2, -0.15) is 0 Å². The molecule has 0 fully saturated rings. The Morgan fingerprint density at radius 1 is 0.769 bits per heavy atom. The number of aliphatic hydroxyl groups excluding tert-OH is 2. The maximum Gasteiger partial charge on any atom is 0.472 e. The zero-order valence-corrected chi connectivity index (χ0v) is 25.5. The van der Waals surface area contributed by atoms with E-state index in [0.717, 1.165) is 51.4 Å². The van der Waals surface area contributed by atoms with Crippen molar-refractivity contribution in [3.8, 4) is 0 Å². The largest absolute Gasteiger partial charge is 0.472 e. The van der Waals surface area contributed by atoms with Crippen molar-refractivity contribution in [2.24, 2.45) is 0 Å². The van der Waals surface area contributed by atoms with Gasteiger partial charge in [0.05, 0.1) is 26.4 Å². The lowest BCUT2D eigenvalue weighted by molar-refractivity contribution is -0.154. The van der Waals surface area contributed by atoms with Crippen LogP contribution in [0.3, 0.4) is 0 Å². The normalized spacial score (nSPS) is 14.9. The standard InChI is InChI=1S/C29H57O9P/c1-3-5-7-9-11-12-13-14-16-18-20-22-35-25-28(26-37-39(33,34)36-24-27(31)23-30)38-29(32)21-19-17-15-10-8-6-4-2/h7,9,27-28,30-31H,3-6,8,10-26H2,1-2H3,(H,33,34)/b9-7-. The van der Waals surface area contributed by atoms with E-state index in [1.165, 1.54) is 51.4 Å². The summed E-state index contributed by atoms with van der Waals surface area (Å²) in [6.45, 7) is 3.37. The van der Waals surface area contributed by atoms with Crippen LogP contribution in [0.4, 0.5) is 0 Å². The summed E-state index contributed by atoms with van der Waals surface area (Å²) in [6.07, 6.45) is 20.5. The molecule has 9 nitrogen and oxygen atoms in total. The predicted molar refractivity (Wildman–Crippen MR) is 154 cm³/mol. The molecule has 0 bridgehead atoms. The van der Waals surface area contributed by atoms with E-state index in [2.05, 4.69) is 30.5 Å². The van der Waals surface area contributed by atoms with Gasteiger partial charge in [0.1, 0.15) is 12.2 Å². The Morgan fingerprint density at radius 2 is 1.36 bits per heavy atom. The van der Waals surface area contributed by atoms with Gasteiger partial charge < -0.3 is 24.6 Å². The van der Waals surface area contributed by atoms with E-state index < -0.39 is 39.2 Å². The van der Waals surface area contributed by atoms with E-state index in [4.69, 9.17) is 19.1 Å². The average molecular weight is 581 g/mol. The molecule has 0 aromatic heterocycles. The van der Waals surface area contributed by atoms with Crippen LogP contribution < -0.4 is 0 Å². The van der Waals surface area contributed by atoms with Crippen LogP contribution >= 0.6 is 7.82 Å². The minimum atomic E-state index is -4.49. The van der Waals surface area contributed by atoms with E-state index in [9.17, 15) is 19.4 Å². The van der Waals surface area contributed by atoms with Gasteiger partial charge in [-0.25, -0.2) is 4.57 Å². The molecule has 3 atom stereocenters. The molecule has 0 heterocycles. The van der Waals surface area contributed by atoms with Gasteiger partial charge >= 0.3 is 13.8 Å². The molecule has 3 unspecified atom stereocenters. The van der Waals surface area contributed by atoms with Crippen molar-refractivity contribution in [3.05, 3.63) is 12.2 Å². The maximum absolute atomic E-state index is 12.3. The van der Waals surface area contributed by atoms with Gasteiger partial charge in [0, 0.05) is 13.0 Å². The molecule has 10 heteroatoms. The molecule has 3 N–H and O–H groups in total. The second-order valence-corrected chi connectivity index (χ2v) is 11.6. The topological polar surface area (TPSA) is 132 Å². The first-order chi connectivity index (χ1) is 18.8. The quantitative estimate of drug-likeness (QED) is 0.0386. The van der Waals surface area contributed by atoms with E-state index in [-0.39, 0.29) is 19.6 Å². The van der Waals surface area contributed by atoms with Crippen LogP contribution in [-0.2, 0) is 27.9 Å². The number of rotatable bonds is 29. The van der Waals surface area contributed by atoms with Crippen molar-refractivity contribution in [1.82, 2.24) is 0 Å². The molecule has 0 aliphatic heterocycles. The molecule has 0 aliphatic rings. The lowest BCUT2D eigenvalue weighted by atomic mass is 10.1. The summed E-state index contributed by atoms with van der Waals surface area (Å²) >= 11 is 0. The Hall–Kier alpha value is -0.800. The van der Waals surface area contributed by atoms with E-state index in [0.29, 0.717) is 6.61 Å². The number of ether oxygens (including phenoxy) is 2. The monoisotopic (exact) mass is 580 g/mol. The Balaban J connectivity index is 4.31. The molecule has 0 spiro atoms. The van der Waals surface area contributed by atoms with Crippen LogP contribution in [0, 0.1) is 0 Å². The van der Waals surface area contributed by atoms with Gasteiger partial charge in [-0.05, 0) is 32.1 Å². The summed E-state index contributed by atoms with van der Waals surface area (Å²) in [6, 6.07) is 0. The number of phosphoric acid groups is 1. The summed E-state index contributed by atoms with van der Waals surface area (Å²) in [4.78, 5) is 22.2. The number of phosphoric ester groups is 1. The summed E-state index contributed by atoms with van der Waals surface area (Å²) in [5, 5.41) is 18.1. The molecule has 0 aliphatic carbocycles. The van der Waals surface area contributed by atoms with Crippen molar-refractivity contribution >= 4 is 13.8 Å². The molecule has 232 valence electrons. The van der Waals surface area contributed by atoms with Crippen molar-refractivity contribution in [1.29, 1.82) is 0 Å². The third-order valence-corrected chi connectivity index (χ3v) is 7.13. The number of aliphatic hydroxyl groups is 2. The highest BCUT2D eigenvalue weighted by molar-refractivity contribution is 7.47. The molecule has 0 saturated heterocycles. The van der Waals surface area contributed by atoms with Crippen LogP contribution in [0.25, 0.3) is 0 Å². The van der Waals surface area contributed by atoms with E-state index in [1.54, 1.807) is 0 Å². The van der Waals surface area contributed by atoms with Crippen LogP contribution in [0.1, 0.15) is 123 Å². The number of esters is 1. The molecule has 0 radical (unpaired) electrons. The molecule has 39 heavy (non-hydrogen) atoms. The molecule has 0 aromatic rings. The van der Waals surface area contributed by atoms with Gasteiger partial charge in [-0.15, -0.1) is 0 Å². The second kappa shape index (κ2) is 27.4. The highest BCUT2D eigenvalue weighted by Crippen LogP contribution is 2.43. The first-order valence-corrected chi connectivity index (χ1v) is 16.7. The molecule has 0 saturated carbocycles. The Kier molecular flexibility index (Phi) is 26.8. The van der Waals surface area contributed by atoms with E-state index in [1.807, 2.05) is 0 Å². The molecular weight excluding hydrogens is 523 g/mol. The smallest absolute Gasteiger partial charge is 0.457 e.